The molecule has 0 spiro atoms. The number of amidine groups is 2. The molecule has 2 aromatic carbocycles. The molecule has 3 rings (SSSR count). The zero-order chi connectivity index (χ0) is 16.4. The first kappa shape index (κ1) is 15.2. The summed E-state index contributed by atoms with van der Waals surface area (Å²) in [6, 6.07) is 14.5. The quantitative estimate of drug-likeness (QED) is 0.477. The number of hydrogen-bond acceptors (Lipinski definition) is 3. The molecule has 0 fully saturated rings. The molecule has 0 bridgehead atoms. The maximum atomic E-state index is 10.2. The number of rotatable bonds is 2. The Morgan fingerprint density at radius 3 is 2.70 bits per heavy atom. The number of fused-ring (bicyclic) bond motifs is 1. The number of aliphatic imine (C=N–C) groups is 1. The number of aromatic nitrogens is 1. The molecule has 0 amide bonds. The lowest BCUT2D eigenvalue weighted by molar-refractivity contribution is 0.475. The van der Waals surface area contributed by atoms with Crippen LogP contribution in [-0.4, -0.2) is 21.8 Å². The van der Waals surface area contributed by atoms with Crippen LogP contribution < -0.4 is 5.73 Å². The molecule has 0 atom stereocenters. The average molecular weight is 369 g/mol. The maximum Gasteiger partial charge on any atom is 0.174 e. The van der Waals surface area contributed by atoms with Gasteiger partial charge in [-0.3, -0.25) is 10.4 Å². The molecule has 4 N–H and O–H groups in total. The van der Waals surface area contributed by atoms with E-state index in [0.29, 0.717) is 15.7 Å². The van der Waals surface area contributed by atoms with Gasteiger partial charge in [0, 0.05) is 10.7 Å². The molecule has 0 unspecified atom stereocenters. The molecule has 6 heteroatoms. The minimum atomic E-state index is -0.0812. The Balaban J connectivity index is 2.10. The Kier molecular flexibility index (Phi) is 4.08. The summed E-state index contributed by atoms with van der Waals surface area (Å²) in [5, 5.41) is 20.0. The van der Waals surface area contributed by atoms with Crippen LogP contribution in [0, 0.1) is 5.41 Å². The Morgan fingerprint density at radius 2 is 1.91 bits per heavy atom. The van der Waals surface area contributed by atoms with E-state index in [1.807, 2.05) is 30.3 Å². The molecule has 0 saturated carbocycles. The first-order chi connectivity index (χ1) is 11.1. The molecule has 23 heavy (non-hydrogen) atoms. The minimum absolute atomic E-state index is 0.0258. The number of nitrogens with two attached hydrogens (primary N) is 1. The van der Waals surface area contributed by atoms with Gasteiger partial charge in [0.05, 0.1) is 5.56 Å². The van der Waals surface area contributed by atoms with Crippen molar-refractivity contribution in [3.63, 3.8) is 0 Å². The fourth-order valence-corrected chi connectivity index (χ4v) is 2.76. The zero-order valence-corrected chi connectivity index (χ0v) is 13.6. The largest absolute Gasteiger partial charge is 0.507 e. The highest BCUT2D eigenvalue weighted by molar-refractivity contribution is 9.10. The summed E-state index contributed by atoms with van der Waals surface area (Å²) < 4.78 is 0.656. The highest BCUT2D eigenvalue weighted by Gasteiger charge is 2.13. The Hall–Kier alpha value is -2.73. The lowest BCUT2D eigenvalue weighted by Crippen LogP contribution is -2.17. The summed E-state index contributed by atoms with van der Waals surface area (Å²) in [5.74, 6) is 0.0157. The van der Waals surface area contributed by atoms with Gasteiger partial charge in [-0.15, -0.1) is 0 Å². The van der Waals surface area contributed by atoms with E-state index in [0.717, 1.165) is 10.8 Å². The number of phenolic OH excluding ortho intramolecular Hbond substituents is 1. The van der Waals surface area contributed by atoms with E-state index in [4.69, 9.17) is 11.1 Å². The molecule has 114 valence electrons. The van der Waals surface area contributed by atoms with Crippen molar-refractivity contribution in [1.29, 1.82) is 5.41 Å². The van der Waals surface area contributed by atoms with Crippen LogP contribution in [0.3, 0.4) is 0 Å². The zero-order valence-electron chi connectivity index (χ0n) is 12.0. The highest BCUT2D eigenvalue weighted by atomic mass is 79.9. The second-order valence-electron chi connectivity index (χ2n) is 4.86. The summed E-state index contributed by atoms with van der Waals surface area (Å²) in [6.07, 6.45) is 1.58. The fourth-order valence-electron chi connectivity index (χ4n) is 2.32. The average Bonchev–Trinajstić information content (AvgIpc) is 2.54. The monoisotopic (exact) mass is 368 g/mol. The van der Waals surface area contributed by atoms with Gasteiger partial charge in [0.2, 0.25) is 0 Å². The molecule has 0 aliphatic rings. The maximum absolute atomic E-state index is 10.2. The molecular weight excluding hydrogens is 356 g/mol. The lowest BCUT2D eigenvalue weighted by Gasteiger charge is -2.09. The van der Waals surface area contributed by atoms with E-state index < -0.39 is 0 Å². The lowest BCUT2D eigenvalue weighted by atomic mass is 10.0. The molecule has 3 aromatic rings. The van der Waals surface area contributed by atoms with Crippen molar-refractivity contribution in [2.75, 3.05) is 0 Å². The summed E-state index contributed by atoms with van der Waals surface area (Å²) >= 11 is 3.33. The number of phenols is 1. The van der Waals surface area contributed by atoms with Crippen LogP contribution in [-0.2, 0) is 0 Å². The van der Waals surface area contributed by atoms with Gasteiger partial charge in [0.1, 0.15) is 17.3 Å². The van der Waals surface area contributed by atoms with Gasteiger partial charge in [0.25, 0.3) is 0 Å². The first-order valence-electron chi connectivity index (χ1n) is 6.82. The summed E-state index contributed by atoms with van der Waals surface area (Å²) in [6.45, 7) is 0. The van der Waals surface area contributed by atoms with Crippen LogP contribution in [0.1, 0.15) is 11.3 Å². The molecular formula is C17H13BrN4O. The number of pyridine rings is 1. The van der Waals surface area contributed by atoms with Gasteiger partial charge >= 0.3 is 0 Å². The normalized spacial score (nSPS) is 11.6. The fraction of sp³-hybridized carbons (Fsp3) is 0. The van der Waals surface area contributed by atoms with E-state index in [2.05, 4.69) is 25.9 Å². The minimum Gasteiger partial charge on any atom is -0.507 e. The van der Waals surface area contributed by atoms with Crippen molar-refractivity contribution in [2.24, 2.45) is 10.7 Å². The SMILES string of the molecule is N=C(N=C(N)c1c(O)ccc2ccccc12)c1ncccc1Br. The van der Waals surface area contributed by atoms with Crippen LogP contribution in [0.4, 0.5) is 0 Å². The third kappa shape index (κ3) is 2.93. The standard InChI is InChI=1S/C17H13BrN4O/c18-12-6-3-9-21-15(12)17(20)22-16(19)14-11-5-2-1-4-10(11)7-8-13(14)23/h1-9,23H,(H3,19,20,22). The molecule has 0 saturated heterocycles. The van der Waals surface area contributed by atoms with Crippen LogP contribution in [0.25, 0.3) is 10.8 Å². The summed E-state index contributed by atoms with van der Waals surface area (Å²) in [5.41, 5.74) is 6.86. The van der Waals surface area contributed by atoms with E-state index in [1.54, 1.807) is 24.4 Å². The second kappa shape index (κ2) is 6.18. The Bertz CT molecular complexity index is 937. The van der Waals surface area contributed by atoms with Gasteiger partial charge < -0.3 is 10.8 Å². The summed E-state index contributed by atoms with van der Waals surface area (Å²) in [4.78, 5) is 8.23. The van der Waals surface area contributed by atoms with E-state index >= 15 is 0 Å². The third-order valence-electron chi connectivity index (χ3n) is 3.38. The van der Waals surface area contributed by atoms with Crippen molar-refractivity contribution in [3.8, 4) is 5.75 Å². The third-order valence-corrected chi connectivity index (χ3v) is 4.02. The second-order valence-corrected chi connectivity index (χ2v) is 5.71. The summed E-state index contributed by atoms with van der Waals surface area (Å²) in [7, 11) is 0. The van der Waals surface area contributed by atoms with Crippen molar-refractivity contribution < 1.29 is 5.11 Å². The van der Waals surface area contributed by atoms with Gasteiger partial charge in [-0.2, -0.15) is 0 Å². The first-order valence-corrected chi connectivity index (χ1v) is 7.62. The van der Waals surface area contributed by atoms with E-state index in [9.17, 15) is 5.11 Å². The van der Waals surface area contributed by atoms with Crippen LogP contribution in [0.5, 0.6) is 5.75 Å². The Labute approximate surface area is 141 Å². The van der Waals surface area contributed by atoms with E-state index in [-0.39, 0.29) is 17.4 Å². The number of aromatic hydroxyl groups is 1. The number of nitrogens with zero attached hydrogens (tertiary/aromatic N) is 2. The Morgan fingerprint density at radius 1 is 1.13 bits per heavy atom. The predicted octanol–water partition coefficient (Wildman–Crippen LogP) is 3.43. The van der Waals surface area contributed by atoms with Crippen molar-refractivity contribution in [1.82, 2.24) is 4.98 Å². The number of halogens is 1. The highest BCUT2D eigenvalue weighted by Crippen LogP contribution is 2.27. The van der Waals surface area contributed by atoms with Crippen LogP contribution in [0.2, 0.25) is 0 Å². The van der Waals surface area contributed by atoms with Crippen LogP contribution >= 0.6 is 15.9 Å². The molecule has 0 radical (unpaired) electrons. The van der Waals surface area contributed by atoms with Gasteiger partial charge in [-0.1, -0.05) is 30.3 Å². The van der Waals surface area contributed by atoms with Gasteiger partial charge in [-0.25, -0.2) is 4.99 Å². The topological polar surface area (TPSA) is 95.4 Å². The molecule has 0 aliphatic carbocycles. The van der Waals surface area contributed by atoms with Crippen molar-refractivity contribution in [3.05, 3.63) is 70.5 Å². The number of nitrogens with one attached hydrogen (secondary N) is 1. The van der Waals surface area contributed by atoms with Gasteiger partial charge in [0.15, 0.2) is 5.84 Å². The predicted molar refractivity (Wildman–Crippen MR) is 95.1 cm³/mol. The van der Waals surface area contributed by atoms with Gasteiger partial charge in [-0.05, 0) is 44.9 Å². The van der Waals surface area contributed by atoms with Crippen LogP contribution in [0.15, 0.2) is 64.2 Å². The number of hydrogen-bond donors (Lipinski definition) is 3. The molecule has 0 aliphatic heterocycles. The van der Waals surface area contributed by atoms with E-state index in [1.165, 1.54) is 0 Å². The molecule has 1 aromatic heterocycles. The molecule has 1 heterocycles. The smallest absolute Gasteiger partial charge is 0.174 e. The number of benzene rings is 2. The van der Waals surface area contributed by atoms with Crippen molar-refractivity contribution >= 4 is 38.4 Å². The molecule has 5 nitrogen and oxygen atoms in total. The van der Waals surface area contributed by atoms with Crippen molar-refractivity contribution in [2.45, 2.75) is 0 Å².